The molecule has 0 bridgehead atoms. The van der Waals surface area contributed by atoms with E-state index >= 15 is 0 Å². The van der Waals surface area contributed by atoms with Gasteiger partial charge in [-0.25, -0.2) is 0 Å². The average molecular weight is 249 g/mol. The third-order valence-corrected chi connectivity index (χ3v) is 3.03. The van der Waals surface area contributed by atoms with Crippen LogP contribution in [0.4, 0.5) is 0 Å². The number of nitrogens with zero attached hydrogens (tertiary/aromatic N) is 1. The van der Waals surface area contributed by atoms with E-state index in [4.69, 9.17) is 15.3 Å². The molecule has 0 aromatic carbocycles. The van der Waals surface area contributed by atoms with E-state index in [-0.39, 0.29) is 6.42 Å². The first-order valence-electron chi connectivity index (χ1n) is 5.62. The fourth-order valence-corrected chi connectivity index (χ4v) is 2.03. The Morgan fingerprint density at radius 3 is 2.06 bits per heavy atom. The van der Waals surface area contributed by atoms with Crippen LogP contribution in [0.15, 0.2) is 0 Å². The fraction of sp³-hybridized carbons (Fsp3) is 0.900. The molecule has 7 heteroatoms. The summed E-state index contributed by atoms with van der Waals surface area (Å²) in [4.78, 5) is 12.8. The van der Waals surface area contributed by atoms with Crippen molar-refractivity contribution in [3.8, 4) is 0 Å². The zero-order chi connectivity index (χ0) is 13.0. The van der Waals surface area contributed by atoms with Gasteiger partial charge in [-0.15, -0.1) is 0 Å². The predicted molar refractivity (Wildman–Crippen MR) is 57.1 cm³/mol. The SMILES string of the molecule is O=C(O)C(CC(O)C(O)C(O)O)N1CCCC1. The lowest BCUT2D eigenvalue weighted by Crippen LogP contribution is -2.46. The second kappa shape index (κ2) is 6.27. The van der Waals surface area contributed by atoms with Gasteiger partial charge in [-0.2, -0.15) is 0 Å². The van der Waals surface area contributed by atoms with Gasteiger partial charge in [0, 0.05) is 6.42 Å². The lowest BCUT2D eigenvalue weighted by molar-refractivity contribution is -0.165. The number of aliphatic hydroxyl groups is 4. The van der Waals surface area contributed by atoms with Crippen LogP contribution in [0, 0.1) is 0 Å². The Hall–Kier alpha value is -0.730. The second-order valence-corrected chi connectivity index (χ2v) is 4.30. The van der Waals surface area contributed by atoms with Crippen molar-refractivity contribution < 1.29 is 30.3 Å². The Labute approximate surface area is 98.9 Å². The van der Waals surface area contributed by atoms with Crippen LogP contribution >= 0.6 is 0 Å². The van der Waals surface area contributed by atoms with Crippen LogP contribution in [0.5, 0.6) is 0 Å². The second-order valence-electron chi connectivity index (χ2n) is 4.30. The van der Waals surface area contributed by atoms with Crippen molar-refractivity contribution in [2.75, 3.05) is 13.1 Å². The van der Waals surface area contributed by atoms with Crippen LogP contribution in [-0.2, 0) is 4.79 Å². The first-order chi connectivity index (χ1) is 7.93. The van der Waals surface area contributed by atoms with Crippen LogP contribution in [0.25, 0.3) is 0 Å². The maximum absolute atomic E-state index is 11.1. The number of likely N-dealkylation sites (tertiary alicyclic amines) is 1. The molecule has 1 rings (SSSR count). The van der Waals surface area contributed by atoms with Gasteiger partial charge < -0.3 is 25.5 Å². The maximum Gasteiger partial charge on any atom is 0.321 e. The topological polar surface area (TPSA) is 121 Å². The van der Waals surface area contributed by atoms with E-state index in [0.717, 1.165) is 12.8 Å². The monoisotopic (exact) mass is 249 g/mol. The highest BCUT2D eigenvalue weighted by Crippen LogP contribution is 2.17. The summed E-state index contributed by atoms with van der Waals surface area (Å²) in [7, 11) is 0. The van der Waals surface area contributed by atoms with Gasteiger partial charge in [0.05, 0.1) is 6.10 Å². The van der Waals surface area contributed by atoms with Gasteiger partial charge >= 0.3 is 5.97 Å². The third kappa shape index (κ3) is 3.90. The van der Waals surface area contributed by atoms with Crippen molar-refractivity contribution in [1.82, 2.24) is 4.90 Å². The highest BCUT2D eigenvalue weighted by atomic mass is 16.5. The van der Waals surface area contributed by atoms with Gasteiger partial charge in [-0.05, 0) is 25.9 Å². The van der Waals surface area contributed by atoms with E-state index in [1.165, 1.54) is 0 Å². The molecule has 3 atom stereocenters. The Balaban J connectivity index is 2.57. The molecule has 0 aliphatic carbocycles. The van der Waals surface area contributed by atoms with Crippen molar-refractivity contribution in [2.45, 2.75) is 43.8 Å². The molecule has 1 saturated heterocycles. The number of aliphatic carboxylic acids is 1. The summed E-state index contributed by atoms with van der Waals surface area (Å²) in [5.74, 6) is -1.08. The van der Waals surface area contributed by atoms with Crippen molar-refractivity contribution in [3.63, 3.8) is 0 Å². The van der Waals surface area contributed by atoms with E-state index in [9.17, 15) is 15.0 Å². The Bertz CT molecular complexity index is 253. The van der Waals surface area contributed by atoms with Crippen LogP contribution in [0.1, 0.15) is 19.3 Å². The van der Waals surface area contributed by atoms with Gasteiger partial charge in [0.1, 0.15) is 12.1 Å². The lowest BCUT2D eigenvalue weighted by Gasteiger charge is -2.27. The van der Waals surface area contributed by atoms with Crippen LogP contribution in [0.2, 0.25) is 0 Å². The molecule has 17 heavy (non-hydrogen) atoms. The molecule has 3 unspecified atom stereocenters. The lowest BCUT2D eigenvalue weighted by atomic mass is 10.0. The fourth-order valence-electron chi connectivity index (χ4n) is 2.03. The summed E-state index contributed by atoms with van der Waals surface area (Å²) in [5.41, 5.74) is 0. The zero-order valence-corrected chi connectivity index (χ0v) is 9.44. The molecule has 0 spiro atoms. The highest BCUT2D eigenvalue weighted by molar-refractivity contribution is 5.73. The smallest absolute Gasteiger partial charge is 0.321 e. The Kier molecular flexibility index (Phi) is 5.29. The summed E-state index contributed by atoms with van der Waals surface area (Å²) in [5, 5.41) is 45.1. The van der Waals surface area contributed by atoms with Crippen LogP contribution < -0.4 is 0 Å². The van der Waals surface area contributed by atoms with Crippen molar-refractivity contribution in [3.05, 3.63) is 0 Å². The minimum Gasteiger partial charge on any atom is -0.480 e. The number of carboxylic acids is 1. The van der Waals surface area contributed by atoms with Crippen molar-refractivity contribution >= 4 is 5.97 Å². The van der Waals surface area contributed by atoms with E-state index in [1.807, 2.05) is 0 Å². The first kappa shape index (κ1) is 14.3. The normalized spacial score (nSPS) is 22.6. The number of carboxylic acid groups (broad SMARTS) is 1. The molecule has 7 nitrogen and oxygen atoms in total. The van der Waals surface area contributed by atoms with Gasteiger partial charge in [0.15, 0.2) is 6.29 Å². The van der Waals surface area contributed by atoms with Gasteiger partial charge in [0.25, 0.3) is 0 Å². The minimum absolute atomic E-state index is 0.228. The van der Waals surface area contributed by atoms with Gasteiger partial charge in [0.2, 0.25) is 0 Å². The average Bonchev–Trinajstić information content (AvgIpc) is 2.76. The van der Waals surface area contributed by atoms with Crippen molar-refractivity contribution in [1.29, 1.82) is 0 Å². The van der Waals surface area contributed by atoms with Gasteiger partial charge in [-0.1, -0.05) is 0 Å². The summed E-state index contributed by atoms with van der Waals surface area (Å²) < 4.78 is 0. The molecule has 0 aromatic rings. The first-order valence-corrected chi connectivity index (χ1v) is 5.62. The molecule has 1 heterocycles. The van der Waals surface area contributed by atoms with Gasteiger partial charge in [-0.3, -0.25) is 9.69 Å². The number of aliphatic hydroxyl groups excluding tert-OH is 3. The molecule has 0 saturated carbocycles. The Morgan fingerprint density at radius 2 is 1.65 bits per heavy atom. The van der Waals surface area contributed by atoms with Crippen LogP contribution in [0.3, 0.4) is 0 Å². The molecule has 5 N–H and O–H groups in total. The number of hydrogen-bond acceptors (Lipinski definition) is 6. The van der Waals surface area contributed by atoms with E-state index in [1.54, 1.807) is 4.90 Å². The molecule has 1 fully saturated rings. The number of rotatable bonds is 6. The molecule has 0 amide bonds. The van der Waals surface area contributed by atoms with E-state index in [0.29, 0.717) is 13.1 Å². The number of carbonyl (C=O) groups is 1. The summed E-state index contributed by atoms with van der Waals surface area (Å²) in [6, 6.07) is -0.902. The molecule has 0 radical (unpaired) electrons. The summed E-state index contributed by atoms with van der Waals surface area (Å²) in [6.45, 7) is 1.28. The molecular weight excluding hydrogens is 230 g/mol. The molecule has 100 valence electrons. The van der Waals surface area contributed by atoms with Crippen LogP contribution in [-0.4, -0.2) is 74.0 Å². The number of hydrogen-bond donors (Lipinski definition) is 5. The van der Waals surface area contributed by atoms with E-state index < -0.39 is 30.5 Å². The minimum atomic E-state index is -2.07. The summed E-state index contributed by atoms with van der Waals surface area (Å²) in [6.07, 6.45) is -3.71. The molecule has 0 aromatic heterocycles. The highest BCUT2D eigenvalue weighted by Gasteiger charge is 2.33. The largest absolute Gasteiger partial charge is 0.480 e. The standard InChI is InChI=1S/C10H19NO6/c12-7(8(13)10(16)17)5-6(9(14)15)11-3-1-2-4-11/h6-8,10,12-13,16-17H,1-5H2,(H,14,15). The third-order valence-electron chi connectivity index (χ3n) is 3.03. The molecule has 1 aliphatic rings. The summed E-state index contributed by atoms with van der Waals surface area (Å²) >= 11 is 0. The molecular formula is C10H19NO6. The quantitative estimate of drug-likeness (QED) is 0.344. The maximum atomic E-state index is 11.1. The van der Waals surface area contributed by atoms with Crippen molar-refractivity contribution in [2.24, 2.45) is 0 Å². The Morgan fingerprint density at radius 1 is 1.12 bits per heavy atom. The predicted octanol–water partition coefficient (Wildman–Crippen LogP) is -2.04. The zero-order valence-electron chi connectivity index (χ0n) is 9.44. The van der Waals surface area contributed by atoms with E-state index in [2.05, 4.69) is 0 Å². The molecule has 1 aliphatic heterocycles.